The summed E-state index contributed by atoms with van der Waals surface area (Å²) in [5.74, 6) is -1.42. The minimum absolute atomic E-state index is 0.0405. The second-order valence-corrected chi connectivity index (χ2v) is 3.62. The third-order valence-electron chi connectivity index (χ3n) is 2.35. The SMILES string of the molecule is CCOc1cc(CC#N)cc([C@H](N)C(=O)O)c1O. The number of hydrogen-bond acceptors (Lipinski definition) is 5. The van der Waals surface area contributed by atoms with Crippen LogP contribution in [0.3, 0.4) is 0 Å². The first-order valence-electron chi connectivity index (χ1n) is 5.35. The van der Waals surface area contributed by atoms with Gasteiger partial charge in [0, 0.05) is 5.56 Å². The Hall–Kier alpha value is -2.26. The standard InChI is InChI=1S/C12H14N2O4/c1-2-18-9-6-7(3-4-13)5-8(11(9)15)10(14)12(16)17/h5-6,10,15H,2-3,14H2,1H3,(H,16,17)/t10-/m0/s1. The topological polar surface area (TPSA) is 117 Å². The molecule has 1 atom stereocenters. The predicted molar refractivity (Wildman–Crippen MR) is 63.2 cm³/mol. The van der Waals surface area contributed by atoms with Crippen molar-refractivity contribution in [3.05, 3.63) is 23.3 Å². The number of hydrogen-bond donors (Lipinski definition) is 3. The van der Waals surface area contributed by atoms with Crippen molar-refractivity contribution in [2.45, 2.75) is 19.4 Å². The fourth-order valence-electron chi connectivity index (χ4n) is 1.52. The van der Waals surface area contributed by atoms with Crippen molar-refractivity contribution in [3.8, 4) is 17.6 Å². The fourth-order valence-corrected chi connectivity index (χ4v) is 1.52. The highest BCUT2D eigenvalue weighted by Gasteiger charge is 2.21. The summed E-state index contributed by atoms with van der Waals surface area (Å²) in [6.45, 7) is 2.04. The number of carbonyl (C=O) groups is 1. The van der Waals surface area contributed by atoms with Crippen LogP contribution < -0.4 is 10.5 Å². The molecule has 6 heteroatoms. The van der Waals surface area contributed by atoms with Crippen molar-refractivity contribution >= 4 is 5.97 Å². The zero-order chi connectivity index (χ0) is 13.7. The van der Waals surface area contributed by atoms with E-state index in [0.717, 1.165) is 0 Å². The molecule has 0 radical (unpaired) electrons. The monoisotopic (exact) mass is 250 g/mol. The number of benzene rings is 1. The van der Waals surface area contributed by atoms with Crippen molar-refractivity contribution in [3.63, 3.8) is 0 Å². The van der Waals surface area contributed by atoms with E-state index in [0.29, 0.717) is 12.2 Å². The highest BCUT2D eigenvalue weighted by atomic mass is 16.5. The molecule has 0 aliphatic heterocycles. The van der Waals surface area contributed by atoms with Crippen LogP contribution >= 0.6 is 0 Å². The van der Waals surface area contributed by atoms with Crippen molar-refractivity contribution in [2.24, 2.45) is 5.73 Å². The number of phenols is 1. The number of nitrogens with zero attached hydrogens (tertiary/aromatic N) is 1. The van der Waals surface area contributed by atoms with Crippen LogP contribution in [0, 0.1) is 11.3 Å². The van der Waals surface area contributed by atoms with Gasteiger partial charge < -0.3 is 20.7 Å². The molecule has 0 aliphatic carbocycles. The minimum Gasteiger partial charge on any atom is -0.504 e. The van der Waals surface area contributed by atoms with E-state index in [4.69, 9.17) is 20.8 Å². The molecule has 4 N–H and O–H groups in total. The summed E-state index contributed by atoms with van der Waals surface area (Å²) in [6.07, 6.45) is 0.0830. The van der Waals surface area contributed by atoms with Gasteiger partial charge in [-0.1, -0.05) is 0 Å². The summed E-state index contributed by atoms with van der Waals surface area (Å²) in [6, 6.07) is 3.49. The molecule has 0 saturated carbocycles. The lowest BCUT2D eigenvalue weighted by atomic mass is 10.0. The maximum Gasteiger partial charge on any atom is 0.325 e. The minimum atomic E-state index is -1.36. The zero-order valence-electron chi connectivity index (χ0n) is 9.88. The molecule has 1 rings (SSSR count). The molecule has 96 valence electrons. The first-order chi connectivity index (χ1) is 8.51. The molecule has 0 aliphatic rings. The van der Waals surface area contributed by atoms with E-state index >= 15 is 0 Å². The summed E-state index contributed by atoms with van der Waals surface area (Å²) in [5, 5.41) is 27.4. The molecule has 0 heterocycles. The molecule has 0 bridgehead atoms. The normalized spacial score (nSPS) is 11.6. The Kier molecular flexibility index (Phi) is 4.52. The van der Waals surface area contributed by atoms with E-state index in [1.165, 1.54) is 12.1 Å². The maximum absolute atomic E-state index is 10.8. The Labute approximate surface area is 104 Å². The van der Waals surface area contributed by atoms with Crippen LogP contribution in [0.1, 0.15) is 24.1 Å². The molecule has 0 spiro atoms. The van der Waals surface area contributed by atoms with Crippen LogP contribution in [0.25, 0.3) is 0 Å². The number of rotatable bonds is 5. The molecule has 0 amide bonds. The second kappa shape index (κ2) is 5.89. The maximum atomic E-state index is 10.8. The highest BCUT2D eigenvalue weighted by molar-refractivity contribution is 5.77. The van der Waals surface area contributed by atoms with Gasteiger partial charge in [-0.05, 0) is 24.6 Å². The van der Waals surface area contributed by atoms with Gasteiger partial charge in [0.15, 0.2) is 11.5 Å². The Morgan fingerprint density at radius 1 is 1.61 bits per heavy atom. The van der Waals surface area contributed by atoms with Crippen molar-refractivity contribution < 1.29 is 19.7 Å². The predicted octanol–water partition coefficient (Wildman–Crippen LogP) is 0.941. The number of phenolic OH excluding ortho intramolecular Hbond substituents is 1. The summed E-state index contributed by atoms with van der Waals surface area (Å²) in [4.78, 5) is 10.8. The van der Waals surface area contributed by atoms with Gasteiger partial charge in [0.2, 0.25) is 0 Å². The number of nitriles is 1. The van der Waals surface area contributed by atoms with Crippen molar-refractivity contribution in [1.29, 1.82) is 5.26 Å². The van der Waals surface area contributed by atoms with Gasteiger partial charge in [0.1, 0.15) is 6.04 Å². The number of nitrogens with two attached hydrogens (primary N) is 1. The molecule has 1 aromatic rings. The lowest BCUT2D eigenvalue weighted by molar-refractivity contribution is -0.138. The molecule has 0 fully saturated rings. The zero-order valence-corrected chi connectivity index (χ0v) is 9.88. The van der Waals surface area contributed by atoms with E-state index in [2.05, 4.69) is 0 Å². The highest BCUT2D eigenvalue weighted by Crippen LogP contribution is 2.35. The van der Waals surface area contributed by atoms with Gasteiger partial charge in [0.05, 0.1) is 19.1 Å². The Balaban J connectivity index is 3.30. The smallest absolute Gasteiger partial charge is 0.325 e. The molecular formula is C12H14N2O4. The van der Waals surface area contributed by atoms with Gasteiger partial charge in [0.25, 0.3) is 0 Å². The van der Waals surface area contributed by atoms with Crippen LogP contribution in [0.4, 0.5) is 0 Å². The second-order valence-electron chi connectivity index (χ2n) is 3.62. The Morgan fingerprint density at radius 3 is 2.78 bits per heavy atom. The van der Waals surface area contributed by atoms with Crippen molar-refractivity contribution in [2.75, 3.05) is 6.61 Å². The summed E-state index contributed by atoms with van der Waals surface area (Å²) in [5.41, 5.74) is 6.06. The van der Waals surface area contributed by atoms with E-state index in [9.17, 15) is 9.90 Å². The van der Waals surface area contributed by atoms with E-state index in [1.54, 1.807) is 6.92 Å². The quantitative estimate of drug-likeness (QED) is 0.716. The lowest BCUT2D eigenvalue weighted by Crippen LogP contribution is -2.21. The van der Waals surface area contributed by atoms with Crippen LogP contribution in [0.5, 0.6) is 11.5 Å². The van der Waals surface area contributed by atoms with E-state index in [1.807, 2.05) is 6.07 Å². The largest absolute Gasteiger partial charge is 0.504 e. The number of aromatic hydroxyl groups is 1. The van der Waals surface area contributed by atoms with Crippen LogP contribution in [-0.4, -0.2) is 22.8 Å². The van der Waals surface area contributed by atoms with E-state index < -0.39 is 12.0 Å². The van der Waals surface area contributed by atoms with Gasteiger partial charge in [-0.2, -0.15) is 5.26 Å². The number of carboxylic acids is 1. The molecule has 18 heavy (non-hydrogen) atoms. The molecule has 0 unspecified atom stereocenters. The third kappa shape index (κ3) is 2.90. The summed E-state index contributed by atoms with van der Waals surface area (Å²) < 4.78 is 5.19. The average molecular weight is 250 g/mol. The molecule has 6 nitrogen and oxygen atoms in total. The van der Waals surface area contributed by atoms with Gasteiger partial charge in [-0.3, -0.25) is 4.79 Å². The summed E-state index contributed by atoms with van der Waals surface area (Å²) in [7, 11) is 0. The van der Waals surface area contributed by atoms with Crippen LogP contribution in [0.15, 0.2) is 12.1 Å². The third-order valence-corrected chi connectivity index (χ3v) is 2.35. The Bertz CT molecular complexity index is 494. The Morgan fingerprint density at radius 2 is 2.28 bits per heavy atom. The average Bonchev–Trinajstić information content (AvgIpc) is 2.32. The van der Waals surface area contributed by atoms with Crippen molar-refractivity contribution in [1.82, 2.24) is 0 Å². The van der Waals surface area contributed by atoms with Crippen LogP contribution in [-0.2, 0) is 11.2 Å². The van der Waals surface area contributed by atoms with E-state index in [-0.39, 0.29) is 23.5 Å². The molecule has 0 aromatic heterocycles. The lowest BCUT2D eigenvalue weighted by Gasteiger charge is -2.14. The fraction of sp³-hybridized carbons (Fsp3) is 0.333. The first-order valence-corrected chi connectivity index (χ1v) is 5.35. The van der Waals surface area contributed by atoms with Gasteiger partial charge in [-0.15, -0.1) is 0 Å². The van der Waals surface area contributed by atoms with Gasteiger partial charge >= 0.3 is 5.97 Å². The molecule has 0 saturated heterocycles. The van der Waals surface area contributed by atoms with Gasteiger partial charge in [-0.25, -0.2) is 0 Å². The van der Waals surface area contributed by atoms with Crippen LogP contribution in [0.2, 0.25) is 0 Å². The number of aliphatic carboxylic acids is 1. The molecule has 1 aromatic carbocycles. The molecular weight excluding hydrogens is 236 g/mol. The number of ether oxygens (including phenoxy) is 1. The number of carboxylic acid groups (broad SMARTS) is 1. The summed E-state index contributed by atoms with van der Waals surface area (Å²) >= 11 is 0. The first kappa shape index (κ1) is 13.8.